The summed E-state index contributed by atoms with van der Waals surface area (Å²) < 4.78 is 0. The van der Waals surface area contributed by atoms with Gasteiger partial charge in [0, 0.05) is 11.4 Å². The van der Waals surface area contributed by atoms with Gasteiger partial charge in [0.2, 0.25) is 5.91 Å². The Hall–Kier alpha value is -1.85. The smallest absolute Gasteiger partial charge is 0.238 e. The number of rotatable bonds is 4. The van der Waals surface area contributed by atoms with Gasteiger partial charge in [0.25, 0.3) is 0 Å². The predicted molar refractivity (Wildman–Crippen MR) is 118 cm³/mol. The largest absolute Gasteiger partial charge is 0.322 e. The van der Waals surface area contributed by atoms with Crippen molar-refractivity contribution >= 4 is 46.1 Å². The quantitative estimate of drug-likeness (QED) is 0.554. The Bertz CT molecular complexity index is 1000. The lowest BCUT2D eigenvalue weighted by Crippen LogP contribution is -2.40. The SMILES string of the molecule is Cc1ccc(Cl)c(NC(=O)CN2CCc3sccc3C2c2ccccc2)c1Cl. The van der Waals surface area contributed by atoms with E-state index in [-0.39, 0.29) is 18.5 Å². The maximum Gasteiger partial charge on any atom is 0.238 e. The Morgan fingerprint density at radius 1 is 1.18 bits per heavy atom. The lowest BCUT2D eigenvalue weighted by molar-refractivity contribution is -0.117. The third-order valence-corrected chi connectivity index (χ3v) is 6.87. The summed E-state index contributed by atoms with van der Waals surface area (Å²) in [4.78, 5) is 16.5. The van der Waals surface area contributed by atoms with Gasteiger partial charge in [-0.05, 0) is 47.5 Å². The summed E-state index contributed by atoms with van der Waals surface area (Å²) in [7, 11) is 0. The Morgan fingerprint density at radius 2 is 1.96 bits per heavy atom. The van der Waals surface area contributed by atoms with Gasteiger partial charge < -0.3 is 5.32 Å². The summed E-state index contributed by atoms with van der Waals surface area (Å²) in [6.07, 6.45) is 0.954. The van der Waals surface area contributed by atoms with Gasteiger partial charge in [0.05, 0.1) is 28.3 Å². The van der Waals surface area contributed by atoms with Crippen LogP contribution in [0.25, 0.3) is 0 Å². The van der Waals surface area contributed by atoms with Gasteiger partial charge in [-0.3, -0.25) is 9.69 Å². The summed E-state index contributed by atoms with van der Waals surface area (Å²) in [6.45, 7) is 2.99. The number of fused-ring (bicyclic) bond motifs is 1. The van der Waals surface area contributed by atoms with Crippen molar-refractivity contribution in [3.63, 3.8) is 0 Å². The molecule has 1 aromatic heterocycles. The first-order chi connectivity index (χ1) is 13.5. The number of hydrogen-bond acceptors (Lipinski definition) is 3. The van der Waals surface area contributed by atoms with Crippen molar-refractivity contribution in [2.45, 2.75) is 19.4 Å². The van der Waals surface area contributed by atoms with Crippen LogP contribution < -0.4 is 5.32 Å². The molecule has 3 aromatic rings. The molecular weight excluding hydrogens is 411 g/mol. The first kappa shape index (κ1) is 19.5. The van der Waals surface area contributed by atoms with Crippen LogP contribution in [0, 0.1) is 6.92 Å². The molecule has 2 aromatic carbocycles. The first-order valence-corrected chi connectivity index (χ1v) is 10.8. The first-order valence-electron chi connectivity index (χ1n) is 9.14. The highest BCUT2D eigenvalue weighted by Crippen LogP contribution is 2.38. The number of nitrogens with one attached hydrogen (secondary N) is 1. The number of halogens is 2. The molecule has 2 heterocycles. The molecule has 0 saturated heterocycles. The van der Waals surface area contributed by atoms with E-state index in [0.29, 0.717) is 15.7 Å². The Balaban J connectivity index is 1.58. The molecule has 1 amide bonds. The van der Waals surface area contributed by atoms with E-state index in [1.54, 1.807) is 17.4 Å². The fourth-order valence-electron chi connectivity index (χ4n) is 3.70. The second-order valence-electron chi connectivity index (χ2n) is 6.93. The minimum atomic E-state index is -0.117. The number of nitrogens with zero attached hydrogens (tertiary/aromatic N) is 1. The molecule has 1 atom stereocenters. The predicted octanol–water partition coefficient (Wildman–Crippen LogP) is 5.95. The molecule has 0 saturated carbocycles. The van der Waals surface area contributed by atoms with Crippen LogP contribution in [0.4, 0.5) is 5.69 Å². The van der Waals surface area contributed by atoms with E-state index in [1.807, 2.05) is 31.2 Å². The second-order valence-corrected chi connectivity index (χ2v) is 8.72. The Labute approximate surface area is 178 Å². The van der Waals surface area contributed by atoms with Crippen LogP contribution in [-0.4, -0.2) is 23.9 Å². The van der Waals surface area contributed by atoms with Crippen LogP contribution in [0.3, 0.4) is 0 Å². The fraction of sp³-hybridized carbons (Fsp3) is 0.227. The van der Waals surface area contributed by atoms with Crippen LogP contribution in [0.15, 0.2) is 53.9 Å². The summed E-state index contributed by atoms with van der Waals surface area (Å²) >= 11 is 14.4. The van der Waals surface area contributed by atoms with Gasteiger partial charge in [-0.2, -0.15) is 0 Å². The van der Waals surface area contributed by atoms with Gasteiger partial charge >= 0.3 is 0 Å². The Kier molecular flexibility index (Phi) is 5.74. The van der Waals surface area contributed by atoms with Crippen LogP contribution in [0.5, 0.6) is 0 Å². The van der Waals surface area contributed by atoms with Crippen LogP contribution in [0.2, 0.25) is 10.0 Å². The number of hydrogen-bond donors (Lipinski definition) is 1. The topological polar surface area (TPSA) is 32.3 Å². The fourth-order valence-corrected chi connectivity index (χ4v) is 5.07. The maximum atomic E-state index is 12.9. The van der Waals surface area contributed by atoms with E-state index >= 15 is 0 Å². The van der Waals surface area contributed by atoms with Crippen molar-refractivity contribution in [1.82, 2.24) is 4.90 Å². The standard InChI is InChI=1S/C22H20Cl2N2OS/c1-14-7-8-17(23)21(20(14)24)25-19(27)13-26-11-9-18-16(10-12-28-18)22(26)15-5-3-2-4-6-15/h2-8,10,12,22H,9,11,13H2,1H3,(H,25,27). The molecule has 6 heteroatoms. The molecule has 0 spiro atoms. The van der Waals surface area contributed by atoms with Gasteiger partial charge in [-0.1, -0.05) is 59.6 Å². The van der Waals surface area contributed by atoms with Crippen molar-refractivity contribution in [2.75, 3.05) is 18.4 Å². The lowest BCUT2D eigenvalue weighted by Gasteiger charge is -2.35. The molecule has 0 aliphatic carbocycles. The summed E-state index contributed by atoms with van der Waals surface area (Å²) in [5.41, 5.74) is 3.85. The van der Waals surface area contributed by atoms with Crippen molar-refractivity contribution in [1.29, 1.82) is 0 Å². The molecule has 1 unspecified atom stereocenters. The van der Waals surface area contributed by atoms with Gasteiger partial charge in [0.1, 0.15) is 0 Å². The minimum absolute atomic E-state index is 0.0744. The number of thiophene rings is 1. The molecule has 1 N–H and O–H groups in total. The van der Waals surface area contributed by atoms with Gasteiger partial charge in [-0.25, -0.2) is 0 Å². The molecule has 3 nitrogen and oxygen atoms in total. The lowest BCUT2D eigenvalue weighted by atomic mass is 9.93. The molecule has 144 valence electrons. The monoisotopic (exact) mass is 430 g/mol. The number of benzene rings is 2. The van der Waals surface area contributed by atoms with Crippen molar-refractivity contribution in [2.24, 2.45) is 0 Å². The number of carbonyl (C=O) groups is 1. The zero-order chi connectivity index (χ0) is 19.7. The van der Waals surface area contributed by atoms with Crippen molar-refractivity contribution in [3.8, 4) is 0 Å². The summed E-state index contributed by atoms with van der Waals surface area (Å²) in [6, 6.07) is 16.2. The summed E-state index contributed by atoms with van der Waals surface area (Å²) in [5, 5.41) is 5.98. The number of amides is 1. The van der Waals surface area contributed by atoms with E-state index in [9.17, 15) is 4.79 Å². The summed E-state index contributed by atoms with van der Waals surface area (Å²) in [5.74, 6) is -0.117. The molecule has 0 fully saturated rings. The highest BCUT2D eigenvalue weighted by atomic mass is 35.5. The molecule has 1 aliphatic heterocycles. The second kappa shape index (κ2) is 8.26. The molecule has 4 rings (SSSR count). The third kappa shape index (κ3) is 3.83. The van der Waals surface area contributed by atoms with Crippen LogP contribution in [0.1, 0.15) is 27.6 Å². The maximum absolute atomic E-state index is 12.9. The average molecular weight is 431 g/mol. The molecule has 28 heavy (non-hydrogen) atoms. The van der Waals surface area contributed by atoms with E-state index in [0.717, 1.165) is 18.5 Å². The number of aryl methyl sites for hydroxylation is 1. The van der Waals surface area contributed by atoms with Crippen molar-refractivity contribution in [3.05, 3.63) is 85.5 Å². The highest BCUT2D eigenvalue weighted by molar-refractivity contribution is 7.10. The van der Waals surface area contributed by atoms with Crippen LogP contribution >= 0.6 is 34.5 Å². The normalized spacial score (nSPS) is 16.6. The Morgan fingerprint density at radius 3 is 2.75 bits per heavy atom. The highest BCUT2D eigenvalue weighted by Gasteiger charge is 2.30. The number of anilines is 1. The molecular formula is C22H20Cl2N2OS. The van der Waals surface area contributed by atoms with E-state index < -0.39 is 0 Å². The van der Waals surface area contributed by atoms with E-state index in [4.69, 9.17) is 23.2 Å². The van der Waals surface area contributed by atoms with E-state index in [1.165, 1.54) is 16.0 Å². The van der Waals surface area contributed by atoms with Crippen LogP contribution in [-0.2, 0) is 11.2 Å². The van der Waals surface area contributed by atoms with Gasteiger partial charge in [0.15, 0.2) is 0 Å². The third-order valence-electron chi connectivity index (χ3n) is 5.08. The minimum Gasteiger partial charge on any atom is -0.322 e. The molecule has 0 bridgehead atoms. The zero-order valence-corrected chi connectivity index (χ0v) is 17.7. The molecule has 1 aliphatic rings. The zero-order valence-electron chi connectivity index (χ0n) is 15.4. The molecule has 0 radical (unpaired) electrons. The van der Waals surface area contributed by atoms with Crippen molar-refractivity contribution < 1.29 is 4.79 Å². The van der Waals surface area contributed by atoms with Gasteiger partial charge in [-0.15, -0.1) is 11.3 Å². The van der Waals surface area contributed by atoms with E-state index in [2.05, 4.69) is 33.8 Å². The average Bonchev–Trinajstić information content (AvgIpc) is 3.17. The number of carbonyl (C=O) groups excluding carboxylic acids is 1.